The highest BCUT2D eigenvalue weighted by atomic mass is 32.1. The van der Waals surface area contributed by atoms with Crippen molar-refractivity contribution >= 4 is 16.3 Å². The summed E-state index contributed by atoms with van der Waals surface area (Å²) in [6.45, 7) is 4.43. The first-order valence-corrected chi connectivity index (χ1v) is 7.57. The number of hydrogen-bond acceptors (Lipinski definition) is 5. The molecular weight excluding hydrogens is 246 g/mol. The minimum atomic E-state index is 0.547. The Hall–Kier alpha value is -1.01. The lowest BCUT2D eigenvalue weighted by Crippen LogP contribution is -2.14. The second kappa shape index (κ2) is 3.99. The number of rotatable bonds is 2. The highest BCUT2D eigenvalue weighted by molar-refractivity contribution is 7.16. The largest absolute Gasteiger partial charge is 0.316 e. The lowest BCUT2D eigenvalue weighted by molar-refractivity contribution is 0.394. The third kappa shape index (κ3) is 1.52. The molecule has 96 valence electrons. The molecule has 0 bridgehead atoms. The highest BCUT2D eigenvalue weighted by Gasteiger charge is 2.30. The van der Waals surface area contributed by atoms with Gasteiger partial charge in [-0.3, -0.25) is 0 Å². The molecule has 0 amide bonds. The molecule has 1 N–H and O–H groups in total. The molecule has 1 saturated carbocycles. The monoisotopic (exact) mass is 263 g/mol. The lowest BCUT2D eigenvalue weighted by Gasteiger charge is -2.22. The Morgan fingerprint density at radius 1 is 1.28 bits per heavy atom. The molecule has 0 unspecified atom stereocenters. The third-order valence-electron chi connectivity index (χ3n) is 4.34. The van der Waals surface area contributed by atoms with Crippen molar-refractivity contribution < 1.29 is 0 Å². The van der Waals surface area contributed by atoms with Crippen LogP contribution in [0.15, 0.2) is 0 Å². The van der Waals surface area contributed by atoms with Crippen LogP contribution in [0.4, 0.5) is 0 Å². The maximum Gasteiger partial charge on any atom is 0.234 e. The van der Waals surface area contributed by atoms with Crippen LogP contribution in [0.2, 0.25) is 0 Å². The smallest absolute Gasteiger partial charge is 0.234 e. The minimum absolute atomic E-state index is 0.547. The van der Waals surface area contributed by atoms with Crippen molar-refractivity contribution in [2.45, 2.75) is 38.0 Å². The summed E-state index contributed by atoms with van der Waals surface area (Å²) in [5, 5.41) is 18.0. The minimum Gasteiger partial charge on any atom is -0.316 e. The Balaban J connectivity index is 1.72. The molecule has 18 heavy (non-hydrogen) atoms. The van der Waals surface area contributed by atoms with E-state index in [0.717, 1.165) is 23.9 Å². The molecule has 1 aliphatic heterocycles. The van der Waals surface area contributed by atoms with Crippen LogP contribution in [-0.2, 0) is 0 Å². The Morgan fingerprint density at radius 3 is 2.83 bits per heavy atom. The normalized spacial score (nSPS) is 28.9. The van der Waals surface area contributed by atoms with E-state index >= 15 is 0 Å². The molecule has 0 spiro atoms. The Labute approximate surface area is 110 Å². The molecule has 2 fully saturated rings. The van der Waals surface area contributed by atoms with Gasteiger partial charge in [0.2, 0.25) is 4.96 Å². The van der Waals surface area contributed by atoms with Crippen molar-refractivity contribution in [2.75, 3.05) is 13.1 Å². The number of fused-ring (bicyclic) bond motifs is 1. The molecule has 2 aromatic rings. The van der Waals surface area contributed by atoms with Gasteiger partial charge in [0, 0.05) is 18.4 Å². The molecule has 5 nitrogen and oxygen atoms in total. The Morgan fingerprint density at radius 2 is 2.17 bits per heavy atom. The topological polar surface area (TPSA) is 55.1 Å². The van der Waals surface area contributed by atoms with E-state index in [1.54, 1.807) is 11.3 Å². The first-order valence-electron chi connectivity index (χ1n) is 6.75. The van der Waals surface area contributed by atoms with Crippen LogP contribution >= 0.6 is 11.3 Å². The van der Waals surface area contributed by atoms with Crippen LogP contribution in [0, 0.1) is 5.92 Å². The number of nitrogens with one attached hydrogen (secondary N) is 1. The second-order valence-electron chi connectivity index (χ2n) is 5.56. The number of hydrogen-bond donors (Lipinski definition) is 1. The van der Waals surface area contributed by atoms with Gasteiger partial charge in [-0.15, -0.1) is 10.2 Å². The van der Waals surface area contributed by atoms with E-state index < -0.39 is 0 Å². The van der Waals surface area contributed by atoms with Gasteiger partial charge in [-0.25, -0.2) is 0 Å². The fourth-order valence-corrected chi connectivity index (χ4v) is 3.94. The molecule has 3 heterocycles. The summed E-state index contributed by atoms with van der Waals surface area (Å²) in [6, 6.07) is 0. The number of nitrogens with zero attached hydrogens (tertiary/aromatic N) is 4. The maximum atomic E-state index is 4.78. The first kappa shape index (κ1) is 10.9. The fraction of sp³-hybridized carbons (Fsp3) is 0.750. The molecule has 1 aliphatic carbocycles. The van der Waals surface area contributed by atoms with E-state index in [1.807, 2.05) is 4.52 Å². The van der Waals surface area contributed by atoms with Gasteiger partial charge in [-0.2, -0.15) is 9.61 Å². The van der Waals surface area contributed by atoms with Crippen molar-refractivity contribution in [1.29, 1.82) is 0 Å². The highest BCUT2D eigenvalue weighted by Crippen LogP contribution is 2.37. The summed E-state index contributed by atoms with van der Waals surface area (Å²) in [5.74, 6) is 2.89. The Kier molecular flexibility index (Phi) is 2.41. The van der Waals surface area contributed by atoms with Crippen LogP contribution in [-0.4, -0.2) is 32.9 Å². The molecule has 0 radical (unpaired) electrons. The fourth-order valence-electron chi connectivity index (χ4n) is 2.86. The quantitative estimate of drug-likeness (QED) is 0.897. The summed E-state index contributed by atoms with van der Waals surface area (Å²) in [7, 11) is 0. The molecule has 0 aromatic carbocycles. The summed E-state index contributed by atoms with van der Waals surface area (Å²) < 4.78 is 1.99. The lowest BCUT2D eigenvalue weighted by atomic mass is 9.85. The molecule has 4 rings (SSSR count). The molecule has 2 atom stereocenters. The standard InChI is InChI=1S/C12H17N5S/c1-7-5-13-6-9(7)11-16-17-10(8-3-2-4-8)14-15-12(17)18-11/h7-9,13H,2-6H2,1H3/t7-,9-/m1/s1. The van der Waals surface area contributed by atoms with Gasteiger partial charge < -0.3 is 5.32 Å². The van der Waals surface area contributed by atoms with E-state index in [1.165, 1.54) is 24.3 Å². The third-order valence-corrected chi connectivity index (χ3v) is 5.37. The summed E-state index contributed by atoms with van der Waals surface area (Å²) >= 11 is 1.71. The first-order chi connectivity index (χ1) is 8.83. The molecule has 2 aliphatic rings. The van der Waals surface area contributed by atoms with Gasteiger partial charge >= 0.3 is 0 Å². The summed E-state index contributed by atoms with van der Waals surface area (Å²) in [5.41, 5.74) is 0. The van der Waals surface area contributed by atoms with Crippen molar-refractivity contribution in [2.24, 2.45) is 5.92 Å². The molecule has 6 heteroatoms. The molecular formula is C12H17N5S. The maximum absolute atomic E-state index is 4.78. The van der Waals surface area contributed by atoms with Gasteiger partial charge in [0.25, 0.3) is 0 Å². The van der Waals surface area contributed by atoms with Crippen molar-refractivity contribution in [1.82, 2.24) is 25.1 Å². The van der Waals surface area contributed by atoms with Gasteiger partial charge in [0.1, 0.15) is 5.01 Å². The molecule has 1 saturated heterocycles. The zero-order valence-corrected chi connectivity index (χ0v) is 11.3. The van der Waals surface area contributed by atoms with Crippen molar-refractivity contribution in [3.63, 3.8) is 0 Å². The zero-order chi connectivity index (χ0) is 12.1. The second-order valence-corrected chi connectivity index (χ2v) is 6.55. The van der Waals surface area contributed by atoms with E-state index in [4.69, 9.17) is 5.10 Å². The average Bonchev–Trinajstić information content (AvgIpc) is 2.92. The predicted octanol–water partition coefficient (Wildman–Crippen LogP) is 1.78. The van der Waals surface area contributed by atoms with Crippen LogP contribution in [0.1, 0.15) is 48.9 Å². The van der Waals surface area contributed by atoms with Gasteiger partial charge in [-0.1, -0.05) is 24.7 Å². The van der Waals surface area contributed by atoms with E-state index in [0.29, 0.717) is 17.8 Å². The zero-order valence-electron chi connectivity index (χ0n) is 10.5. The van der Waals surface area contributed by atoms with Crippen LogP contribution < -0.4 is 5.32 Å². The van der Waals surface area contributed by atoms with Crippen molar-refractivity contribution in [3.05, 3.63) is 10.8 Å². The predicted molar refractivity (Wildman–Crippen MR) is 70.0 cm³/mol. The van der Waals surface area contributed by atoms with E-state index in [-0.39, 0.29) is 0 Å². The van der Waals surface area contributed by atoms with Crippen LogP contribution in [0.25, 0.3) is 4.96 Å². The van der Waals surface area contributed by atoms with Gasteiger partial charge in [0.15, 0.2) is 5.82 Å². The van der Waals surface area contributed by atoms with Crippen LogP contribution in [0.3, 0.4) is 0 Å². The van der Waals surface area contributed by atoms with E-state index in [9.17, 15) is 0 Å². The summed E-state index contributed by atoms with van der Waals surface area (Å²) in [6.07, 6.45) is 3.81. The van der Waals surface area contributed by atoms with E-state index in [2.05, 4.69) is 22.4 Å². The average molecular weight is 263 g/mol. The van der Waals surface area contributed by atoms with Crippen molar-refractivity contribution in [3.8, 4) is 0 Å². The molecule has 2 aromatic heterocycles. The SMILES string of the molecule is C[C@@H]1CNC[C@H]1c1nn2c(C3CCC3)nnc2s1. The van der Waals surface area contributed by atoms with Crippen LogP contribution in [0.5, 0.6) is 0 Å². The number of aromatic nitrogens is 4. The van der Waals surface area contributed by atoms with Gasteiger partial charge in [0.05, 0.1) is 0 Å². The Bertz CT molecular complexity index is 570. The summed E-state index contributed by atoms with van der Waals surface area (Å²) in [4.78, 5) is 0.964. The van der Waals surface area contributed by atoms with Gasteiger partial charge in [-0.05, 0) is 25.3 Å².